The molecule has 0 bridgehead atoms. The van der Waals surface area contributed by atoms with Gasteiger partial charge in [0.05, 0.1) is 29.8 Å². The predicted octanol–water partition coefficient (Wildman–Crippen LogP) is 2.03. The van der Waals surface area contributed by atoms with Crippen molar-refractivity contribution in [2.45, 2.75) is 18.6 Å². The minimum absolute atomic E-state index is 0.0825. The zero-order valence-electron chi connectivity index (χ0n) is 13.0. The highest BCUT2D eigenvalue weighted by molar-refractivity contribution is 9.10. The van der Waals surface area contributed by atoms with Crippen LogP contribution >= 0.6 is 27.7 Å². The third-order valence-electron chi connectivity index (χ3n) is 3.11. The van der Waals surface area contributed by atoms with Crippen LogP contribution in [0.25, 0.3) is 10.9 Å². The van der Waals surface area contributed by atoms with E-state index >= 15 is 0 Å². The lowest BCUT2D eigenvalue weighted by Crippen LogP contribution is -2.27. The molecular weight excluding hydrogens is 382 g/mol. The highest BCUT2D eigenvalue weighted by Crippen LogP contribution is 2.20. The fourth-order valence-corrected chi connectivity index (χ4v) is 3.26. The molecule has 8 heteroatoms. The van der Waals surface area contributed by atoms with Crippen molar-refractivity contribution in [2.24, 2.45) is 0 Å². The van der Waals surface area contributed by atoms with E-state index in [2.05, 4.69) is 26.2 Å². The fraction of sp³-hybridized carbons (Fsp3) is 0.400. The maximum Gasteiger partial charge on any atom is 0.262 e. The molecule has 1 aromatic heterocycles. The van der Waals surface area contributed by atoms with Crippen LogP contribution in [-0.2, 0) is 16.1 Å². The number of fused-ring (bicyclic) bond motifs is 1. The molecule has 1 aromatic carbocycles. The smallest absolute Gasteiger partial charge is 0.262 e. The summed E-state index contributed by atoms with van der Waals surface area (Å²) in [6.45, 7) is 3.23. The number of rotatable bonds is 7. The minimum Gasteiger partial charge on any atom is -0.383 e. The number of hydrogen-bond acceptors (Lipinski definition) is 5. The van der Waals surface area contributed by atoms with Crippen LogP contribution in [0.4, 0.5) is 0 Å². The maximum atomic E-state index is 12.7. The Kier molecular flexibility index (Phi) is 6.61. The summed E-state index contributed by atoms with van der Waals surface area (Å²) in [6.07, 6.45) is 0. The number of halogens is 1. The molecule has 0 radical (unpaired) electrons. The first-order valence-electron chi connectivity index (χ1n) is 7.15. The molecule has 2 rings (SSSR count). The van der Waals surface area contributed by atoms with Gasteiger partial charge in [-0.1, -0.05) is 27.7 Å². The van der Waals surface area contributed by atoms with Crippen LogP contribution in [-0.4, -0.2) is 41.5 Å². The van der Waals surface area contributed by atoms with Gasteiger partial charge < -0.3 is 10.1 Å². The van der Waals surface area contributed by atoms with Gasteiger partial charge in [0.15, 0.2) is 5.16 Å². The molecule has 0 fully saturated rings. The molecule has 0 aliphatic carbocycles. The van der Waals surface area contributed by atoms with Crippen molar-refractivity contribution in [3.8, 4) is 0 Å². The number of hydrogen-bond donors (Lipinski definition) is 1. The summed E-state index contributed by atoms with van der Waals surface area (Å²) in [5.41, 5.74) is 0.483. The molecular formula is C15H18BrN3O3S. The quantitative estimate of drug-likeness (QED) is 0.569. The summed E-state index contributed by atoms with van der Waals surface area (Å²) in [5, 5.41) is 3.79. The normalized spacial score (nSPS) is 10.9. The molecule has 0 spiro atoms. The topological polar surface area (TPSA) is 73.2 Å². The number of amides is 1. The number of methoxy groups -OCH3 is 1. The molecule has 1 heterocycles. The van der Waals surface area contributed by atoms with Crippen LogP contribution < -0.4 is 10.9 Å². The second-order valence-corrected chi connectivity index (χ2v) is 6.61. The molecule has 1 N–H and O–H groups in total. The number of benzene rings is 1. The second kappa shape index (κ2) is 8.47. The van der Waals surface area contributed by atoms with E-state index < -0.39 is 0 Å². The van der Waals surface area contributed by atoms with E-state index in [1.54, 1.807) is 23.8 Å². The SMILES string of the molecule is CCNC(=O)CSc1nc2ccc(Br)cc2c(=O)n1CCOC. The number of carbonyl (C=O) groups is 1. The van der Waals surface area contributed by atoms with Gasteiger partial charge in [0.25, 0.3) is 5.56 Å². The van der Waals surface area contributed by atoms with Crippen LogP contribution in [0.5, 0.6) is 0 Å². The van der Waals surface area contributed by atoms with Gasteiger partial charge in [-0.15, -0.1) is 0 Å². The number of ether oxygens (including phenoxy) is 1. The van der Waals surface area contributed by atoms with Crippen molar-refractivity contribution in [1.29, 1.82) is 0 Å². The van der Waals surface area contributed by atoms with Crippen molar-refractivity contribution < 1.29 is 9.53 Å². The Labute approximate surface area is 146 Å². The van der Waals surface area contributed by atoms with Crippen molar-refractivity contribution in [3.05, 3.63) is 33.0 Å². The van der Waals surface area contributed by atoms with E-state index in [-0.39, 0.29) is 17.2 Å². The maximum absolute atomic E-state index is 12.7. The number of aromatic nitrogens is 2. The Morgan fingerprint density at radius 3 is 2.96 bits per heavy atom. The number of thioether (sulfide) groups is 1. The molecule has 2 aromatic rings. The van der Waals surface area contributed by atoms with Gasteiger partial charge >= 0.3 is 0 Å². The molecule has 0 saturated heterocycles. The summed E-state index contributed by atoms with van der Waals surface area (Å²) >= 11 is 4.62. The molecule has 0 unspecified atom stereocenters. The van der Waals surface area contributed by atoms with Crippen LogP contribution in [0.15, 0.2) is 32.6 Å². The van der Waals surface area contributed by atoms with Gasteiger partial charge in [-0.3, -0.25) is 14.2 Å². The fourth-order valence-electron chi connectivity index (χ4n) is 2.04. The Morgan fingerprint density at radius 2 is 2.26 bits per heavy atom. The molecule has 0 atom stereocenters. The highest BCUT2D eigenvalue weighted by atomic mass is 79.9. The third kappa shape index (κ3) is 4.55. The van der Waals surface area contributed by atoms with Crippen molar-refractivity contribution >= 4 is 44.5 Å². The van der Waals surface area contributed by atoms with E-state index in [1.807, 2.05) is 13.0 Å². The average molecular weight is 400 g/mol. The molecule has 0 aliphatic rings. The lowest BCUT2D eigenvalue weighted by molar-refractivity contribution is -0.118. The van der Waals surface area contributed by atoms with Crippen LogP contribution in [0.1, 0.15) is 6.92 Å². The van der Waals surface area contributed by atoms with E-state index in [0.717, 1.165) is 4.47 Å². The van der Waals surface area contributed by atoms with Gasteiger partial charge in [-0.2, -0.15) is 0 Å². The summed E-state index contributed by atoms with van der Waals surface area (Å²) < 4.78 is 7.45. The lowest BCUT2D eigenvalue weighted by Gasteiger charge is -2.12. The Hall–Kier alpha value is -1.38. The Morgan fingerprint density at radius 1 is 1.48 bits per heavy atom. The minimum atomic E-state index is -0.133. The lowest BCUT2D eigenvalue weighted by atomic mass is 10.2. The summed E-state index contributed by atoms with van der Waals surface area (Å²) in [6, 6.07) is 5.39. The van der Waals surface area contributed by atoms with Crippen molar-refractivity contribution in [3.63, 3.8) is 0 Å². The van der Waals surface area contributed by atoms with E-state index in [9.17, 15) is 9.59 Å². The van der Waals surface area contributed by atoms with Crippen LogP contribution in [0.2, 0.25) is 0 Å². The molecule has 1 amide bonds. The summed E-state index contributed by atoms with van der Waals surface area (Å²) in [7, 11) is 1.58. The molecule has 0 aliphatic heterocycles. The van der Waals surface area contributed by atoms with Crippen LogP contribution in [0.3, 0.4) is 0 Å². The van der Waals surface area contributed by atoms with E-state index in [1.165, 1.54) is 11.8 Å². The molecule has 23 heavy (non-hydrogen) atoms. The molecule has 6 nitrogen and oxygen atoms in total. The number of nitrogens with zero attached hydrogens (tertiary/aromatic N) is 2. The van der Waals surface area contributed by atoms with Crippen molar-refractivity contribution in [2.75, 3.05) is 26.0 Å². The van der Waals surface area contributed by atoms with E-state index in [0.29, 0.717) is 35.8 Å². The van der Waals surface area contributed by atoms with E-state index in [4.69, 9.17) is 4.74 Å². The average Bonchev–Trinajstić information content (AvgIpc) is 2.53. The van der Waals surface area contributed by atoms with Gasteiger partial charge in [0, 0.05) is 18.1 Å². The Balaban J connectivity index is 2.41. The zero-order chi connectivity index (χ0) is 16.8. The molecule has 124 valence electrons. The van der Waals surface area contributed by atoms with Gasteiger partial charge in [0.1, 0.15) is 0 Å². The number of nitrogens with one attached hydrogen (secondary N) is 1. The summed E-state index contributed by atoms with van der Waals surface area (Å²) in [5.74, 6) is 0.135. The van der Waals surface area contributed by atoms with Gasteiger partial charge in [0.2, 0.25) is 5.91 Å². The van der Waals surface area contributed by atoms with Crippen molar-refractivity contribution in [1.82, 2.24) is 14.9 Å². The zero-order valence-corrected chi connectivity index (χ0v) is 15.4. The first kappa shape index (κ1) is 18.0. The first-order valence-corrected chi connectivity index (χ1v) is 8.93. The van der Waals surface area contributed by atoms with Crippen LogP contribution in [0, 0.1) is 0 Å². The first-order chi connectivity index (χ1) is 11.1. The standard InChI is InChI=1S/C15H18BrN3O3S/c1-3-17-13(20)9-23-15-18-12-5-4-10(16)8-11(12)14(21)19(15)6-7-22-2/h4-5,8H,3,6-7,9H2,1-2H3,(H,17,20). The molecule has 0 saturated carbocycles. The highest BCUT2D eigenvalue weighted by Gasteiger charge is 2.13. The monoisotopic (exact) mass is 399 g/mol. The summed E-state index contributed by atoms with van der Waals surface area (Å²) in [4.78, 5) is 28.9. The van der Waals surface area contributed by atoms with Gasteiger partial charge in [-0.25, -0.2) is 4.98 Å². The predicted molar refractivity (Wildman–Crippen MR) is 95.0 cm³/mol. The number of carbonyl (C=O) groups excluding carboxylic acids is 1. The third-order valence-corrected chi connectivity index (χ3v) is 4.58. The van der Waals surface area contributed by atoms with Gasteiger partial charge in [-0.05, 0) is 25.1 Å². The Bertz CT molecular complexity index is 763. The second-order valence-electron chi connectivity index (χ2n) is 4.75. The largest absolute Gasteiger partial charge is 0.383 e.